The van der Waals surface area contributed by atoms with Gasteiger partial charge in [0.1, 0.15) is 11.5 Å². The molecule has 0 unspecified atom stereocenters. The van der Waals surface area contributed by atoms with E-state index >= 15 is 0 Å². The SMILES string of the molecule is O=S(=O)(c1ccc(O)cc1)c1ccc(O)cc1.[K+]. The number of aromatic hydroxyl groups is 2. The average molecular weight is 289 g/mol. The molecule has 2 N–H and O–H groups in total. The molecule has 0 bridgehead atoms. The van der Waals surface area contributed by atoms with Crippen molar-refractivity contribution in [2.24, 2.45) is 0 Å². The number of hydrogen-bond acceptors (Lipinski definition) is 4. The van der Waals surface area contributed by atoms with Crippen molar-refractivity contribution in [3.8, 4) is 11.5 Å². The van der Waals surface area contributed by atoms with E-state index < -0.39 is 9.84 Å². The minimum atomic E-state index is -3.59. The molecule has 0 fully saturated rings. The van der Waals surface area contributed by atoms with Gasteiger partial charge in [-0.15, -0.1) is 0 Å². The van der Waals surface area contributed by atoms with Gasteiger partial charge in [-0.1, -0.05) is 0 Å². The minimum Gasteiger partial charge on any atom is -0.508 e. The molecule has 0 aliphatic rings. The topological polar surface area (TPSA) is 74.6 Å². The zero-order valence-corrected chi connectivity index (χ0v) is 13.7. The van der Waals surface area contributed by atoms with Gasteiger partial charge in [0.15, 0.2) is 0 Å². The third kappa shape index (κ3) is 3.34. The fraction of sp³-hybridized carbons (Fsp3) is 0. The zero-order valence-electron chi connectivity index (χ0n) is 9.74. The maximum Gasteiger partial charge on any atom is 1.00 e. The van der Waals surface area contributed by atoms with E-state index in [1.165, 1.54) is 48.5 Å². The van der Waals surface area contributed by atoms with Gasteiger partial charge < -0.3 is 10.2 Å². The maximum absolute atomic E-state index is 12.1. The minimum absolute atomic E-state index is 0. The van der Waals surface area contributed by atoms with Gasteiger partial charge in [-0.05, 0) is 48.5 Å². The maximum atomic E-state index is 12.1. The molecule has 0 aromatic heterocycles. The quantitative estimate of drug-likeness (QED) is 0.691. The first-order valence-electron chi connectivity index (χ1n) is 4.83. The Morgan fingerprint density at radius 2 is 0.944 bits per heavy atom. The number of phenolic OH excluding ortho intramolecular Hbond substituents is 2. The summed E-state index contributed by atoms with van der Waals surface area (Å²) in [5, 5.41) is 18.2. The van der Waals surface area contributed by atoms with Gasteiger partial charge in [0.2, 0.25) is 9.84 Å². The van der Waals surface area contributed by atoms with Crippen LogP contribution in [0.2, 0.25) is 0 Å². The Labute approximate surface area is 148 Å². The van der Waals surface area contributed by atoms with Crippen LogP contribution in [0.25, 0.3) is 0 Å². The average Bonchev–Trinajstić information content (AvgIpc) is 2.30. The molecule has 6 heteroatoms. The van der Waals surface area contributed by atoms with E-state index in [-0.39, 0.29) is 72.7 Å². The molecule has 0 amide bonds. The van der Waals surface area contributed by atoms with Crippen molar-refractivity contribution in [3.63, 3.8) is 0 Å². The summed E-state index contributed by atoms with van der Waals surface area (Å²) in [4.78, 5) is 0.196. The van der Waals surface area contributed by atoms with Crippen molar-refractivity contribution < 1.29 is 70.0 Å². The van der Waals surface area contributed by atoms with Crippen molar-refractivity contribution in [1.82, 2.24) is 0 Å². The van der Waals surface area contributed by atoms with Crippen LogP contribution >= 0.6 is 0 Å². The molecular weight excluding hydrogens is 279 g/mol. The van der Waals surface area contributed by atoms with Gasteiger partial charge >= 0.3 is 51.4 Å². The summed E-state index contributed by atoms with van der Waals surface area (Å²) >= 11 is 0. The molecule has 88 valence electrons. The third-order valence-electron chi connectivity index (χ3n) is 2.29. The fourth-order valence-corrected chi connectivity index (χ4v) is 2.65. The van der Waals surface area contributed by atoms with Crippen LogP contribution < -0.4 is 51.4 Å². The van der Waals surface area contributed by atoms with E-state index in [9.17, 15) is 8.42 Å². The summed E-state index contributed by atoms with van der Waals surface area (Å²) in [6.45, 7) is 0. The van der Waals surface area contributed by atoms with Crippen molar-refractivity contribution in [3.05, 3.63) is 48.5 Å². The Bertz CT molecular complexity index is 567. The van der Waals surface area contributed by atoms with Gasteiger partial charge in [0.25, 0.3) is 0 Å². The molecule has 0 heterocycles. The summed E-state index contributed by atoms with van der Waals surface area (Å²) in [7, 11) is -3.59. The largest absolute Gasteiger partial charge is 1.00 e. The number of rotatable bonds is 2. The second kappa shape index (κ2) is 6.18. The van der Waals surface area contributed by atoms with Crippen molar-refractivity contribution >= 4 is 9.84 Å². The van der Waals surface area contributed by atoms with Gasteiger partial charge in [-0.2, -0.15) is 0 Å². The van der Waals surface area contributed by atoms with E-state index in [2.05, 4.69) is 0 Å². The van der Waals surface area contributed by atoms with Gasteiger partial charge in [0, 0.05) is 0 Å². The molecule has 0 spiro atoms. The summed E-state index contributed by atoms with van der Waals surface area (Å²) in [5.74, 6) is 0.0179. The molecule has 0 aliphatic heterocycles. The molecule has 2 aromatic carbocycles. The number of benzene rings is 2. The predicted molar refractivity (Wildman–Crippen MR) is 61.7 cm³/mol. The summed E-state index contributed by atoms with van der Waals surface area (Å²) in [6.07, 6.45) is 0. The van der Waals surface area contributed by atoms with Crippen LogP contribution in [0.5, 0.6) is 11.5 Å². The van der Waals surface area contributed by atoms with Crippen LogP contribution in [-0.4, -0.2) is 18.6 Å². The normalized spacial score (nSPS) is 10.7. The van der Waals surface area contributed by atoms with Crippen LogP contribution in [0.3, 0.4) is 0 Å². The Hall–Kier alpha value is -0.374. The smallest absolute Gasteiger partial charge is 0.508 e. The number of hydrogen-bond donors (Lipinski definition) is 2. The van der Waals surface area contributed by atoms with E-state index in [0.717, 1.165) is 0 Å². The first-order valence-corrected chi connectivity index (χ1v) is 6.31. The molecule has 0 atom stereocenters. The van der Waals surface area contributed by atoms with Crippen molar-refractivity contribution in [2.45, 2.75) is 9.79 Å². The van der Waals surface area contributed by atoms with E-state index in [4.69, 9.17) is 10.2 Å². The van der Waals surface area contributed by atoms with E-state index in [0.29, 0.717) is 0 Å². The van der Waals surface area contributed by atoms with Crippen molar-refractivity contribution in [1.29, 1.82) is 0 Å². The van der Waals surface area contributed by atoms with Crippen LogP contribution in [0.1, 0.15) is 0 Å². The zero-order chi connectivity index (χ0) is 12.5. The van der Waals surface area contributed by atoms with Crippen molar-refractivity contribution in [2.75, 3.05) is 0 Å². The number of phenols is 2. The van der Waals surface area contributed by atoms with Gasteiger partial charge in [-0.25, -0.2) is 8.42 Å². The van der Waals surface area contributed by atoms with E-state index in [1.807, 2.05) is 0 Å². The second-order valence-electron chi connectivity index (χ2n) is 3.49. The molecular formula is C12H10KO4S+. The standard InChI is InChI=1S/C12H10O4S.K/c13-9-1-5-11(6-2-9)17(15,16)12-7-3-10(14)4-8-12;/h1-8,13-14H;/q;+1. The van der Waals surface area contributed by atoms with Gasteiger partial charge in [-0.3, -0.25) is 0 Å². The summed E-state index contributed by atoms with van der Waals surface area (Å²) < 4.78 is 24.2. The predicted octanol–water partition coefficient (Wildman–Crippen LogP) is -1.07. The number of sulfone groups is 1. The molecule has 0 saturated carbocycles. The van der Waals surface area contributed by atoms with Crippen LogP contribution in [0.15, 0.2) is 58.3 Å². The van der Waals surface area contributed by atoms with E-state index in [1.54, 1.807) is 0 Å². The third-order valence-corrected chi connectivity index (χ3v) is 4.08. The Balaban J connectivity index is 0.00000162. The van der Waals surface area contributed by atoms with Crippen LogP contribution in [0.4, 0.5) is 0 Å². The second-order valence-corrected chi connectivity index (χ2v) is 5.44. The van der Waals surface area contributed by atoms with Crippen LogP contribution in [-0.2, 0) is 9.84 Å². The van der Waals surface area contributed by atoms with Gasteiger partial charge in [0.05, 0.1) is 9.79 Å². The summed E-state index contributed by atoms with van der Waals surface area (Å²) in [5.41, 5.74) is 0. The summed E-state index contributed by atoms with van der Waals surface area (Å²) in [6, 6.07) is 10.6. The molecule has 0 aliphatic carbocycles. The monoisotopic (exact) mass is 289 g/mol. The van der Waals surface area contributed by atoms with Crippen LogP contribution in [0, 0.1) is 0 Å². The Morgan fingerprint density at radius 1 is 0.667 bits per heavy atom. The Kier molecular flexibility index (Phi) is 5.39. The first-order chi connectivity index (χ1) is 8.00. The first kappa shape index (κ1) is 15.7. The fourth-order valence-electron chi connectivity index (χ4n) is 1.39. The molecule has 2 rings (SSSR count). The molecule has 0 radical (unpaired) electrons. The molecule has 2 aromatic rings. The molecule has 0 saturated heterocycles. The Morgan fingerprint density at radius 3 is 1.22 bits per heavy atom. The molecule has 18 heavy (non-hydrogen) atoms. The molecule has 4 nitrogen and oxygen atoms in total.